The van der Waals surface area contributed by atoms with Gasteiger partial charge in [-0.1, -0.05) is 35.5 Å². The summed E-state index contributed by atoms with van der Waals surface area (Å²) in [6, 6.07) is 7.83. The van der Waals surface area contributed by atoms with Crippen molar-refractivity contribution >= 4 is 57.5 Å². The van der Waals surface area contributed by atoms with Crippen LogP contribution >= 0.6 is 22.9 Å². The van der Waals surface area contributed by atoms with Gasteiger partial charge in [-0.05, 0) is 5.56 Å². The summed E-state index contributed by atoms with van der Waals surface area (Å²) >= 11 is 6.49. The second-order valence-corrected chi connectivity index (χ2v) is 7.50. The molecule has 3 rings (SSSR count). The molecular weight excluding hydrogens is 462 g/mol. The van der Waals surface area contributed by atoms with Gasteiger partial charge in [0.2, 0.25) is 12.1 Å². The number of hydrogen-bond donors (Lipinski definition) is 3. The van der Waals surface area contributed by atoms with Crippen molar-refractivity contribution in [2.24, 2.45) is 5.16 Å². The van der Waals surface area contributed by atoms with E-state index in [4.69, 9.17) is 21.2 Å². The van der Waals surface area contributed by atoms with Gasteiger partial charge >= 0.3 is 5.97 Å². The van der Waals surface area contributed by atoms with Crippen LogP contribution in [-0.4, -0.2) is 59.6 Å². The Bertz CT molecular complexity index is 1040. The molecule has 3 amide bonds. The molecular formula is C19H18ClN5O6S. The van der Waals surface area contributed by atoms with Crippen molar-refractivity contribution < 1.29 is 28.8 Å². The number of nitrogens with zero attached hydrogens (tertiary/aromatic N) is 2. The van der Waals surface area contributed by atoms with Gasteiger partial charge in [0, 0.05) is 5.38 Å². The Morgan fingerprint density at radius 1 is 1.28 bits per heavy atom. The molecule has 13 heteroatoms. The molecule has 0 spiro atoms. The highest BCUT2D eigenvalue weighted by molar-refractivity contribution is 7.14. The number of anilines is 1. The number of carbonyl (C=O) groups is 4. The van der Waals surface area contributed by atoms with Crippen LogP contribution in [0.15, 0.2) is 40.9 Å². The molecule has 0 bridgehead atoms. The average Bonchev–Trinajstić information content (AvgIpc) is 3.23. The normalized spacial score (nSPS) is 17.6. The third kappa shape index (κ3) is 5.80. The van der Waals surface area contributed by atoms with Crippen LogP contribution in [0.25, 0.3) is 0 Å². The van der Waals surface area contributed by atoms with Crippen LogP contribution in [0.4, 0.5) is 5.13 Å². The number of halogens is 1. The number of alkyl halides is 1. The number of oxime groups is 1. The third-order valence-corrected chi connectivity index (χ3v) is 5.12. The maximum Gasteiger partial charge on any atom is 0.312 e. The molecule has 1 saturated heterocycles. The monoisotopic (exact) mass is 479 g/mol. The summed E-state index contributed by atoms with van der Waals surface area (Å²) in [6.45, 7) is 0. The molecule has 3 N–H and O–H groups in total. The number of nitrogens with one attached hydrogen (secondary N) is 3. The molecule has 2 atom stereocenters. The van der Waals surface area contributed by atoms with Crippen molar-refractivity contribution in [1.82, 2.24) is 15.6 Å². The van der Waals surface area contributed by atoms with Gasteiger partial charge in [-0.25, -0.2) is 4.98 Å². The average molecular weight is 480 g/mol. The van der Waals surface area contributed by atoms with E-state index in [0.29, 0.717) is 0 Å². The maximum absolute atomic E-state index is 12.7. The van der Waals surface area contributed by atoms with E-state index in [2.05, 4.69) is 26.1 Å². The van der Waals surface area contributed by atoms with Gasteiger partial charge in [-0.2, -0.15) is 0 Å². The summed E-state index contributed by atoms with van der Waals surface area (Å²) in [4.78, 5) is 57.0. The van der Waals surface area contributed by atoms with Gasteiger partial charge in [0.15, 0.2) is 16.9 Å². The number of esters is 1. The minimum absolute atomic E-state index is 0.0138. The summed E-state index contributed by atoms with van der Waals surface area (Å²) in [6.07, 6.45) is -1.01. The summed E-state index contributed by atoms with van der Waals surface area (Å²) in [7, 11) is 1.24. The molecule has 32 heavy (non-hydrogen) atoms. The first-order chi connectivity index (χ1) is 15.4. The van der Waals surface area contributed by atoms with Gasteiger partial charge in [0.25, 0.3) is 11.8 Å². The maximum atomic E-state index is 12.7. The number of hydrogen-bond acceptors (Lipinski definition) is 9. The Morgan fingerprint density at radius 3 is 2.69 bits per heavy atom. The van der Waals surface area contributed by atoms with Gasteiger partial charge in [0.1, 0.15) is 18.7 Å². The largest absolute Gasteiger partial charge is 0.439 e. The number of benzene rings is 1. The van der Waals surface area contributed by atoms with Crippen LogP contribution in [0.3, 0.4) is 0 Å². The minimum atomic E-state index is -1.11. The quantitative estimate of drug-likeness (QED) is 0.155. The molecule has 0 saturated carbocycles. The van der Waals surface area contributed by atoms with Crippen molar-refractivity contribution in [3.63, 3.8) is 0 Å². The number of carbonyl (C=O) groups excluding carboxylic acids is 4. The van der Waals surface area contributed by atoms with Crippen molar-refractivity contribution in [3.8, 4) is 0 Å². The van der Waals surface area contributed by atoms with Crippen LogP contribution in [0.5, 0.6) is 0 Å². The predicted octanol–water partition coefficient (Wildman–Crippen LogP) is 0.398. The number of rotatable bonds is 9. The first-order valence-electron chi connectivity index (χ1n) is 9.18. The fraction of sp³-hybridized carbons (Fsp3) is 0.263. The minimum Gasteiger partial charge on any atom is -0.439 e. The Morgan fingerprint density at radius 2 is 2.03 bits per heavy atom. The van der Waals surface area contributed by atoms with E-state index in [-0.39, 0.29) is 28.8 Å². The lowest BCUT2D eigenvalue weighted by atomic mass is 10.1. The fourth-order valence-electron chi connectivity index (χ4n) is 2.64. The molecule has 1 aromatic carbocycles. The van der Waals surface area contributed by atoms with Crippen LogP contribution in [0.1, 0.15) is 11.3 Å². The highest BCUT2D eigenvalue weighted by atomic mass is 35.5. The molecule has 1 fully saturated rings. The zero-order valence-electron chi connectivity index (χ0n) is 16.7. The van der Waals surface area contributed by atoms with Gasteiger partial charge in [-0.3, -0.25) is 19.2 Å². The van der Waals surface area contributed by atoms with E-state index >= 15 is 0 Å². The molecule has 1 aromatic heterocycles. The molecule has 1 aliphatic rings. The smallest absolute Gasteiger partial charge is 0.312 e. The first kappa shape index (κ1) is 23.2. The number of β-lactam (4-membered cyclic amide) rings is 1. The van der Waals surface area contributed by atoms with Crippen LogP contribution < -0.4 is 16.0 Å². The van der Waals surface area contributed by atoms with Crippen molar-refractivity contribution in [2.75, 3.05) is 18.3 Å². The van der Waals surface area contributed by atoms with E-state index in [1.165, 1.54) is 12.5 Å². The standard InChI is InChI=1S/C19H18ClN5O6S/c1-30-25-14(11-9-32-19(21-11)22-12(26)8-20)16(28)23-15-17(29)24-18(15)31-13(27)7-10-5-3-2-4-6-10/h2-6,9,15,18H,7-8H2,1H3,(H,23,28)(H,24,29)(H,21,22,26)/t15-,18-/m1/s1. The van der Waals surface area contributed by atoms with Gasteiger partial charge < -0.3 is 25.5 Å². The highest BCUT2D eigenvalue weighted by Crippen LogP contribution is 2.17. The van der Waals surface area contributed by atoms with E-state index in [1.807, 2.05) is 6.07 Å². The first-order valence-corrected chi connectivity index (χ1v) is 10.6. The SMILES string of the molecule is CON=C(C(=O)N[C@@H]1C(=O)N[C@@H]1OC(=O)Cc1ccccc1)c1csc(NC(=O)CCl)n1. The highest BCUT2D eigenvalue weighted by Gasteiger charge is 2.44. The molecule has 2 heterocycles. The second-order valence-electron chi connectivity index (χ2n) is 6.37. The van der Waals surface area contributed by atoms with E-state index in [1.54, 1.807) is 24.3 Å². The predicted molar refractivity (Wildman–Crippen MR) is 115 cm³/mol. The molecule has 11 nitrogen and oxygen atoms in total. The molecule has 168 valence electrons. The zero-order chi connectivity index (χ0) is 23.1. The van der Waals surface area contributed by atoms with Crippen LogP contribution in [0, 0.1) is 0 Å². The van der Waals surface area contributed by atoms with Crippen LogP contribution in [-0.2, 0) is 35.2 Å². The molecule has 0 unspecified atom stereocenters. The third-order valence-electron chi connectivity index (χ3n) is 4.12. The number of ether oxygens (including phenoxy) is 1. The number of thiazole rings is 1. The van der Waals surface area contributed by atoms with E-state index in [9.17, 15) is 19.2 Å². The summed E-state index contributed by atoms with van der Waals surface area (Å²) < 4.78 is 5.25. The Kier molecular flexibility index (Phi) is 7.73. The fourth-order valence-corrected chi connectivity index (χ4v) is 3.42. The Labute approximate surface area is 191 Å². The van der Waals surface area contributed by atoms with E-state index < -0.39 is 36.0 Å². The molecule has 2 aromatic rings. The summed E-state index contributed by atoms with van der Waals surface area (Å²) in [5, 5.41) is 12.7. The summed E-state index contributed by atoms with van der Waals surface area (Å²) in [5.41, 5.74) is 0.625. The van der Waals surface area contributed by atoms with Crippen molar-refractivity contribution in [3.05, 3.63) is 47.0 Å². The lowest BCUT2D eigenvalue weighted by Crippen LogP contribution is -2.71. The second kappa shape index (κ2) is 10.7. The van der Waals surface area contributed by atoms with Crippen molar-refractivity contribution in [2.45, 2.75) is 18.7 Å². The Balaban J connectivity index is 1.62. The van der Waals surface area contributed by atoms with Gasteiger partial charge in [-0.15, -0.1) is 22.9 Å². The Hall–Kier alpha value is -3.51. The van der Waals surface area contributed by atoms with Crippen molar-refractivity contribution in [1.29, 1.82) is 0 Å². The van der Waals surface area contributed by atoms with Crippen LogP contribution in [0.2, 0.25) is 0 Å². The topological polar surface area (TPSA) is 148 Å². The lowest BCUT2D eigenvalue weighted by molar-refractivity contribution is -0.165. The molecule has 1 aliphatic heterocycles. The molecule has 0 aliphatic carbocycles. The lowest BCUT2D eigenvalue weighted by Gasteiger charge is -2.35. The number of amides is 3. The zero-order valence-corrected chi connectivity index (χ0v) is 18.2. The van der Waals surface area contributed by atoms with Gasteiger partial charge in [0.05, 0.1) is 6.42 Å². The molecule has 0 radical (unpaired) electrons. The van der Waals surface area contributed by atoms with E-state index in [0.717, 1.165) is 16.9 Å². The summed E-state index contributed by atoms with van der Waals surface area (Å²) in [5.74, 6) is -2.59. The number of aromatic nitrogens is 1.